The smallest absolute Gasteiger partial charge is 0.173 e. The summed E-state index contributed by atoms with van der Waals surface area (Å²) in [5.41, 5.74) is 7.79. The van der Waals surface area contributed by atoms with Crippen LogP contribution in [0.4, 0.5) is 0 Å². The van der Waals surface area contributed by atoms with Gasteiger partial charge in [-0.25, -0.2) is 9.97 Å². The van der Waals surface area contributed by atoms with Crippen molar-refractivity contribution in [2.45, 2.75) is 41.9 Å². The number of nitrogens with two attached hydrogens (primary N) is 1. The monoisotopic (exact) mass is 476 g/mol. The summed E-state index contributed by atoms with van der Waals surface area (Å²) >= 11 is 5.07. The second-order valence-electron chi connectivity index (χ2n) is 7.35. The third-order valence-electron chi connectivity index (χ3n) is 5.23. The molecular formula is C19H21BrN6O2S. The molecular weight excluding hydrogens is 456 g/mol. The highest BCUT2D eigenvalue weighted by Crippen LogP contribution is 2.41. The molecule has 1 unspecified atom stereocenters. The number of nitrogens with zero attached hydrogens (tertiary/aromatic N) is 3. The maximum atomic E-state index is 8.14. The van der Waals surface area contributed by atoms with E-state index in [0.717, 1.165) is 39.5 Å². The lowest BCUT2D eigenvalue weighted by molar-refractivity contribution is 0.171. The van der Waals surface area contributed by atoms with E-state index < -0.39 is 0 Å². The number of fused-ring (bicyclic) bond motifs is 2. The van der Waals surface area contributed by atoms with E-state index in [4.69, 9.17) is 25.6 Å². The second-order valence-corrected chi connectivity index (χ2v) is 9.23. The van der Waals surface area contributed by atoms with Crippen molar-refractivity contribution in [3.8, 4) is 11.5 Å². The molecule has 0 bridgehead atoms. The van der Waals surface area contributed by atoms with Gasteiger partial charge in [-0.3, -0.25) is 5.41 Å². The second kappa shape index (κ2) is 7.66. The Kier molecular flexibility index (Phi) is 5.00. The molecule has 0 amide bonds. The molecule has 0 saturated heterocycles. The van der Waals surface area contributed by atoms with E-state index in [1.165, 1.54) is 24.6 Å². The molecule has 2 aromatic heterocycles. The molecule has 4 N–H and O–H groups in total. The maximum Gasteiger partial charge on any atom is 0.173 e. The first-order valence-electron chi connectivity index (χ1n) is 9.61. The van der Waals surface area contributed by atoms with Gasteiger partial charge in [-0.15, -0.1) is 0 Å². The summed E-state index contributed by atoms with van der Waals surface area (Å²) in [6, 6.07) is 4.07. The van der Waals surface area contributed by atoms with Crippen molar-refractivity contribution in [2.75, 3.05) is 13.2 Å². The van der Waals surface area contributed by atoms with Crippen molar-refractivity contribution >= 4 is 38.9 Å². The van der Waals surface area contributed by atoms with E-state index in [-0.39, 0.29) is 11.5 Å². The molecule has 152 valence electrons. The summed E-state index contributed by atoms with van der Waals surface area (Å²) in [7, 11) is 0. The fourth-order valence-electron chi connectivity index (χ4n) is 3.45. The molecule has 2 aliphatic rings. The Labute approximate surface area is 179 Å². The highest BCUT2D eigenvalue weighted by Gasteiger charge is 2.28. The van der Waals surface area contributed by atoms with Crippen LogP contribution in [0.3, 0.4) is 0 Å². The molecule has 1 atom stereocenters. The van der Waals surface area contributed by atoms with Crippen molar-refractivity contribution in [2.24, 2.45) is 11.7 Å². The van der Waals surface area contributed by atoms with Crippen LogP contribution < -0.4 is 20.7 Å². The molecule has 29 heavy (non-hydrogen) atoms. The number of ether oxygens (including phenoxy) is 2. The van der Waals surface area contributed by atoms with Gasteiger partial charge in [0, 0.05) is 22.0 Å². The number of hydrogen-bond donors (Lipinski definition) is 3. The molecule has 5 rings (SSSR count). The number of aryl methyl sites for hydroxylation is 1. The summed E-state index contributed by atoms with van der Waals surface area (Å²) in [5, 5.41) is 8.83. The molecule has 10 heteroatoms. The van der Waals surface area contributed by atoms with E-state index in [1.807, 2.05) is 16.7 Å². The van der Waals surface area contributed by atoms with E-state index in [9.17, 15) is 0 Å². The maximum absolute atomic E-state index is 8.14. The molecule has 8 nitrogen and oxygen atoms in total. The van der Waals surface area contributed by atoms with E-state index in [0.29, 0.717) is 29.8 Å². The first-order chi connectivity index (χ1) is 14.1. The molecule has 3 heterocycles. The highest BCUT2D eigenvalue weighted by atomic mass is 79.9. The largest absolute Gasteiger partial charge is 0.486 e. The Morgan fingerprint density at radius 3 is 2.83 bits per heavy atom. The number of imidazole rings is 1. The zero-order valence-corrected chi connectivity index (χ0v) is 18.1. The Morgan fingerprint density at radius 2 is 2.07 bits per heavy atom. The van der Waals surface area contributed by atoms with E-state index >= 15 is 0 Å². The molecule has 1 aliphatic carbocycles. The van der Waals surface area contributed by atoms with Crippen LogP contribution in [-0.4, -0.2) is 38.8 Å². The van der Waals surface area contributed by atoms with Gasteiger partial charge in [-0.2, -0.15) is 0 Å². The minimum atomic E-state index is 0.184. The average molecular weight is 477 g/mol. The van der Waals surface area contributed by atoms with Crippen molar-refractivity contribution in [1.29, 1.82) is 5.41 Å². The standard InChI is InChI=1S/C19H21BrN6O2S/c20-11-7-13-14(28-6-5-27-13)8-15(11)29-19-24-16-17(22)23-9-26(18(16)25-19)4-3-12(21)10-1-2-10/h7-10,12,22H,1-6,21H2,(H,24,25). The fourth-order valence-corrected chi connectivity index (χ4v) is 4.83. The highest BCUT2D eigenvalue weighted by molar-refractivity contribution is 9.10. The lowest BCUT2D eigenvalue weighted by Gasteiger charge is -2.19. The van der Waals surface area contributed by atoms with Gasteiger partial charge < -0.3 is 24.8 Å². The Balaban J connectivity index is 1.43. The Bertz CT molecular complexity index is 1130. The van der Waals surface area contributed by atoms with Crippen LogP contribution in [0.25, 0.3) is 11.2 Å². The average Bonchev–Trinajstić information content (AvgIpc) is 3.48. The van der Waals surface area contributed by atoms with Crippen molar-refractivity contribution in [3.05, 3.63) is 28.4 Å². The predicted octanol–water partition coefficient (Wildman–Crippen LogP) is 3.05. The number of aromatic nitrogens is 4. The van der Waals surface area contributed by atoms with Gasteiger partial charge in [-0.1, -0.05) is 11.8 Å². The van der Waals surface area contributed by atoms with Gasteiger partial charge in [0.05, 0.1) is 6.33 Å². The van der Waals surface area contributed by atoms with Crippen molar-refractivity contribution < 1.29 is 9.47 Å². The third-order valence-corrected chi connectivity index (χ3v) is 7.10. The summed E-state index contributed by atoms with van der Waals surface area (Å²) in [6.07, 6.45) is 5.03. The predicted molar refractivity (Wildman–Crippen MR) is 112 cm³/mol. The van der Waals surface area contributed by atoms with Gasteiger partial charge in [-0.05, 0) is 53.2 Å². The summed E-state index contributed by atoms with van der Waals surface area (Å²) in [4.78, 5) is 13.1. The van der Waals surface area contributed by atoms with Crippen molar-refractivity contribution in [3.63, 3.8) is 0 Å². The molecule has 1 aliphatic heterocycles. The van der Waals surface area contributed by atoms with Crippen LogP contribution >= 0.6 is 27.7 Å². The molecule has 1 saturated carbocycles. The third kappa shape index (κ3) is 3.88. The van der Waals surface area contributed by atoms with Crippen LogP contribution in [0, 0.1) is 11.3 Å². The van der Waals surface area contributed by atoms with Crippen LogP contribution in [0.15, 0.2) is 33.0 Å². The van der Waals surface area contributed by atoms with E-state index in [1.54, 1.807) is 6.33 Å². The molecule has 1 fully saturated rings. The molecule has 1 aromatic carbocycles. The van der Waals surface area contributed by atoms with Gasteiger partial charge in [0.15, 0.2) is 27.8 Å². The lowest BCUT2D eigenvalue weighted by Crippen LogP contribution is -2.25. The Morgan fingerprint density at radius 1 is 1.31 bits per heavy atom. The SMILES string of the molecule is N=c1ncn(CCC(N)C2CC2)c2nc(Sc3cc4c(cc3Br)OCCO4)[nH]c12. The zero-order chi connectivity index (χ0) is 20.0. The van der Waals surface area contributed by atoms with Gasteiger partial charge >= 0.3 is 0 Å². The van der Waals surface area contributed by atoms with Gasteiger partial charge in [0.25, 0.3) is 0 Å². The minimum Gasteiger partial charge on any atom is -0.486 e. The topological polar surface area (TPSA) is 115 Å². The van der Waals surface area contributed by atoms with Gasteiger partial charge in [0.2, 0.25) is 0 Å². The summed E-state index contributed by atoms with van der Waals surface area (Å²) < 4.78 is 14.2. The molecule has 0 radical (unpaired) electrons. The number of H-pyrrole nitrogens is 1. The fraction of sp³-hybridized carbons (Fsp3) is 0.421. The Hall–Kier alpha value is -2.04. The van der Waals surface area contributed by atoms with Crippen LogP contribution in [0.2, 0.25) is 0 Å². The first kappa shape index (κ1) is 19.0. The molecule has 0 spiro atoms. The summed E-state index contributed by atoms with van der Waals surface area (Å²) in [6.45, 7) is 1.84. The summed E-state index contributed by atoms with van der Waals surface area (Å²) in [5.74, 6) is 2.12. The number of nitrogens with one attached hydrogen (secondary N) is 2. The number of benzene rings is 1. The number of hydrogen-bond acceptors (Lipinski definition) is 7. The zero-order valence-electron chi connectivity index (χ0n) is 15.7. The lowest BCUT2D eigenvalue weighted by atomic mass is 10.1. The van der Waals surface area contributed by atoms with Crippen LogP contribution in [0.1, 0.15) is 19.3 Å². The minimum absolute atomic E-state index is 0.184. The van der Waals surface area contributed by atoms with Crippen LogP contribution in [0.5, 0.6) is 11.5 Å². The van der Waals surface area contributed by atoms with E-state index in [2.05, 4.69) is 25.9 Å². The molecule has 3 aromatic rings. The first-order valence-corrected chi connectivity index (χ1v) is 11.2. The van der Waals surface area contributed by atoms with Gasteiger partial charge in [0.1, 0.15) is 18.7 Å². The quantitative estimate of drug-likeness (QED) is 0.503. The number of rotatable bonds is 6. The number of halogens is 1. The number of aromatic amines is 1. The normalized spacial score (nSPS) is 16.9. The van der Waals surface area contributed by atoms with Crippen molar-refractivity contribution in [1.82, 2.24) is 19.5 Å². The van der Waals surface area contributed by atoms with Crippen LogP contribution in [-0.2, 0) is 6.54 Å².